The summed E-state index contributed by atoms with van der Waals surface area (Å²) in [4.78, 5) is 39.3. The maximum atomic E-state index is 12.2. The molecule has 6 rings (SSSR count). The van der Waals surface area contributed by atoms with E-state index in [9.17, 15) is 26.4 Å². The maximum Gasteiger partial charge on any atom is 0.337 e. The lowest BCUT2D eigenvalue weighted by molar-refractivity contribution is 0.0591. The van der Waals surface area contributed by atoms with Crippen LogP contribution in [0.2, 0.25) is 0 Å². The fourth-order valence-electron chi connectivity index (χ4n) is 5.31. The number of hydrogen-bond acceptors (Lipinski definition) is 12. The molecular weight excluding hydrogens is 764 g/mol. The third kappa shape index (κ3) is 11.8. The van der Waals surface area contributed by atoms with Crippen LogP contribution in [-0.2, 0) is 41.4 Å². The SMILES string of the molecule is C.COC(=O)c1ccnc(C)c1.COC(=O)c1ccnc(Cc2cc3cc(C)ccc3nc2S(C)(=O)=O)c1.Cc1ccc2nc(S(C)(=O)=O)c(CCl)cc2c1. The number of carbonyl (C=O) groups is 2. The van der Waals surface area contributed by atoms with Gasteiger partial charge in [-0.3, -0.25) is 9.97 Å². The van der Waals surface area contributed by atoms with Crippen LogP contribution >= 0.6 is 11.6 Å². The Balaban J connectivity index is 0.000000241. The maximum absolute atomic E-state index is 12.2. The summed E-state index contributed by atoms with van der Waals surface area (Å²) in [6.07, 6.45) is 5.61. The smallest absolute Gasteiger partial charge is 0.337 e. The van der Waals surface area contributed by atoms with E-state index in [-0.39, 0.29) is 35.7 Å². The van der Waals surface area contributed by atoms with Gasteiger partial charge in [0.1, 0.15) is 0 Å². The molecule has 0 aliphatic carbocycles. The van der Waals surface area contributed by atoms with Crippen molar-refractivity contribution in [2.45, 2.75) is 50.6 Å². The highest BCUT2D eigenvalue weighted by atomic mass is 35.5. The molecule has 0 spiro atoms. The Hall–Kier alpha value is -5.31. The first-order valence-corrected chi connectivity index (χ1v) is 20.6. The minimum absolute atomic E-state index is 0. The molecule has 290 valence electrons. The van der Waals surface area contributed by atoms with Crippen molar-refractivity contribution in [1.82, 2.24) is 19.9 Å². The van der Waals surface area contributed by atoms with Crippen molar-refractivity contribution >= 4 is 65.0 Å². The summed E-state index contributed by atoms with van der Waals surface area (Å²) in [5, 5.41) is 1.87. The highest BCUT2D eigenvalue weighted by Gasteiger charge is 2.19. The highest BCUT2D eigenvalue weighted by Crippen LogP contribution is 2.25. The van der Waals surface area contributed by atoms with Crippen molar-refractivity contribution < 1.29 is 35.9 Å². The Kier molecular flexibility index (Phi) is 15.1. The molecule has 0 atom stereocenters. The van der Waals surface area contributed by atoms with E-state index < -0.39 is 25.6 Å². The molecule has 6 aromatic rings. The Morgan fingerprint density at radius 1 is 0.636 bits per heavy atom. The van der Waals surface area contributed by atoms with Crippen molar-refractivity contribution in [3.63, 3.8) is 0 Å². The van der Waals surface area contributed by atoms with E-state index in [2.05, 4.69) is 24.7 Å². The number of fused-ring (bicyclic) bond motifs is 2. The molecule has 0 N–H and O–H groups in total. The zero-order valence-electron chi connectivity index (χ0n) is 30.7. The van der Waals surface area contributed by atoms with Crippen LogP contribution in [0.15, 0.2) is 95.2 Å². The molecule has 4 aromatic heterocycles. The van der Waals surface area contributed by atoms with Gasteiger partial charge < -0.3 is 9.47 Å². The largest absolute Gasteiger partial charge is 0.465 e. The second kappa shape index (κ2) is 18.8. The molecule has 4 heterocycles. The van der Waals surface area contributed by atoms with Gasteiger partial charge in [-0.05, 0) is 87.0 Å². The lowest BCUT2D eigenvalue weighted by Gasteiger charge is -2.10. The summed E-state index contributed by atoms with van der Waals surface area (Å²) in [5.74, 6) is -0.654. The zero-order chi connectivity index (χ0) is 39.8. The van der Waals surface area contributed by atoms with Crippen LogP contribution in [0.5, 0.6) is 0 Å². The summed E-state index contributed by atoms with van der Waals surface area (Å²) in [6.45, 7) is 5.77. The molecule has 55 heavy (non-hydrogen) atoms. The number of carbonyl (C=O) groups excluding carboxylic acids is 2. The number of nitrogens with zero attached hydrogens (tertiary/aromatic N) is 4. The van der Waals surface area contributed by atoms with Crippen LogP contribution in [0.3, 0.4) is 0 Å². The van der Waals surface area contributed by atoms with Crippen LogP contribution in [0.4, 0.5) is 0 Å². The fraction of sp³-hybridized carbons (Fsp3) is 0.250. The molecule has 0 saturated heterocycles. The summed E-state index contributed by atoms with van der Waals surface area (Å²) < 4.78 is 56.9. The van der Waals surface area contributed by atoms with E-state index in [4.69, 9.17) is 16.3 Å². The lowest BCUT2D eigenvalue weighted by Crippen LogP contribution is -2.08. The molecule has 0 fully saturated rings. The molecule has 12 nitrogen and oxygen atoms in total. The normalized spacial score (nSPS) is 11.0. The van der Waals surface area contributed by atoms with E-state index >= 15 is 0 Å². The van der Waals surface area contributed by atoms with Gasteiger partial charge >= 0.3 is 11.9 Å². The molecule has 0 amide bonds. The van der Waals surface area contributed by atoms with E-state index in [1.54, 1.807) is 42.6 Å². The summed E-state index contributed by atoms with van der Waals surface area (Å²) >= 11 is 5.77. The second-order valence-electron chi connectivity index (χ2n) is 12.4. The van der Waals surface area contributed by atoms with E-state index in [1.807, 2.05) is 57.2 Å². The average Bonchev–Trinajstić information content (AvgIpc) is 3.13. The minimum Gasteiger partial charge on any atom is -0.465 e. The van der Waals surface area contributed by atoms with Gasteiger partial charge in [0.2, 0.25) is 0 Å². The lowest BCUT2D eigenvalue weighted by atomic mass is 10.1. The highest BCUT2D eigenvalue weighted by molar-refractivity contribution is 7.91. The predicted molar refractivity (Wildman–Crippen MR) is 214 cm³/mol. The van der Waals surface area contributed by atoms with Gasteiger partial charge in [0, 0.05) is 59.0 Å². The Morgan fingerprint density at radius 2 is 1.09 bits per heavy atom. The number of ether oxygens (including phenoxy) is 2. The van der Waals surface area contributed by atoms with Gasteiger partial charge in [-0.2, -0.15) is 0 Å². The third-order valence-corrected chi connectivity index (χ3v) is 10.2. The number of aromatic nitrogens is 4. The van der Waals surface area contributed by atoms with Gasteiger partial charge in [0.05, 0.1) is 42.3 Å². The number of esters is 2. The number of pyridine rings is 4. The Morgan fingerprint density at radius 3 is 1.55 bits per heavy atom. The van der Waals surface area contributed by atoms with Crippen molar-refractivity contribution in [2.24, 2.45) is 0 Å². The summed E-state index contributed by atoms with van der Waals surface area (Å²) in [5.41, 5.74) is 6.82. The second-order valence-corrected chi connectivity index (χ2v) is 16.5. The molecular formula is C40H43ClN4O8S2. The molecule has 2 aromatic carbocycles. The number of benzene rings is 2. The number of alkyl halides is 1. The third-order valence-electron chi connectivity index (χ3n) is 7.79. The van der Waals surface area contributed by atoms with Crippen molar-refractivity contribution in [1.29, 1.82) is 0 Å². The van der Waals surface area contributed by atoms with Gasteiger partial charge in [-0.15, -0.1) is 11.6 Å². The van der Waals surface area contributed by atoms with Crippen molar-refractivity contribution in [3.05, 3.63) is 130 Å². The molecule has 0 bridgehead atoms. The minimum atomic E-state index is -3.52. The number of halogens is 1. The van der Waals surface area contributed by atoms with Gasteiger partial charge in [0.25, 0.3) is 0 Å². The standard InChI is InChI=1S/C19H18N2O4S.C12H12ClNO2S.C8H9NO2.CH4/c1-12-4-5-17-14(8-12)9-15(18(21-17)26(3,23)24)11-16-10-13(6-7-20-16)19(22)25-2;1-8-3-4-11-9(5-8)6-10(7-13)12(14-11)17(2,15)16;1-6-5-7(3-4-9-6)8(10)11-2;/h4-10H,11H2,1-3H3;3-6H,7H2,1-2H3;3-5H,1-2H3;1H4. The van der Waals surface area contributed by atoms with Crippen LogP contribution < -0.4 is 0 Å². The number of methoxy groups -OCH3 is 2. The predicted octanol–water partition coefficient (Wildman–Crippen LogP) is 7.22. The zero-order valence-corrected chi connectivity index (χ0v) is 33.1. The molecule has 15 heteroatoms. The van der Waals surface area contributed by atoms with Crippen molar-refractivity contribution in [3.8, 4) is 0 Å². The quantitative estimate of drug-likeness (QED) is 0.117. The van der Waals surface area contributed by atoms with Crippen molar-refractivity contribution in [2.75, 3.05) is 26.7 Å². The van der Waals surface area contributed by atoms with Crippen LogP contribution in [0.1, 0.15) is 61.8 Å². The summed E-state index contributed by atoms with van der Waals surface area (Å²) in [6, 6.07) is 21.4. The molecule has 0 aliphatic rings. The van der Waals surface area contributed by atoms with Gasteiger partial charge in [0.15, 0.2) is 29.7 Å². The fourth-order valence-corrected chi connectivity index (χ4v) is 7.34. The number of aryl methyl sites for hydroxylation is 3. The Labute approximate surface area is 326 Å². The van der Waals surface area contributed by atoms with E-state index in [0.29, 0.717) is 39.0 Å². The van der Waals surface area contributed by atoms with Crippen LogP contribution in [0, 0.1) is 20.8 Å². The monoisotopic (exact) mass is 806 g/mol. The van der Waals surface area contributed by atoms with E-state index in [1.165, 1.54) is 20.4 Å². The van der Waals surface area contributed by atoms with E-state index in [0.717, 1.165) is 40.1 Å². The number of sulfone groups is 2. The molecule has 0 radical (unpaired) electrons. The Bertz CT molecular complexity index is 2580. The number of rotatable bonds is 7. The van der Waals surface area contributed by atoms with Gasteiger partial charge in [-0.1, -0.05) is 30.7 Å². The van der Waals surface area contributed by atoms with Crippen LogP contribution in [-0.4, -0.2) is 75.4 Å². The average molecular weight is 807 g/mol. The first-order chi connectivity index (χ1) is 25.4. The number of hydrogen-bond donors (Lipinski definition) is 0. The topological polar surface area (TPSA) is 172 Å². The molecule has 0 unspecified atom stereocenters. The first-order valence-electron chi connectivity index (χ1n) is 16.2. The molecule has 0 aliphatic heterocycles. The first kappa shape index (κ1) is 44.1. The summed E-state index contributed by atoms with van der Waals surface area (Å²) in [7, 11) is -4.19. The molecule has 0 saturated carbocycles. The van der Waals surface area contributed by atoms with Crippen LogP contribution in [0.25, 0.3) is 21.8 Å². The van der Waals surface area contributed by atoms with Gasteiger partial charge in [-0.25, -0.2) is 36.4 Å².